The van der Waals surface area contributed by atoms with Gasteiger partial charge in [0.25, 0.3) is 0 Å². The van der Waals surface area contributed by atoms with Gasteiger partial charge in [0.15, 0.2) is 11.5 Å². The van der Waals surface area contributed by atoms with Crippen LogP contribution in [0.25, 0.3) is 10.9 Å². The van der Waals surface area contributed by atoms with E-state index in [1.54, 1.807) is 20.4 Å². The number of hydrogen-bond donors (Lipinski definition) is 2. The molecule has 144 valence electrons. The largest absolute Gasteiger partial charge is 0.493 e. The summed E-state index contributed by atoms with van der Waals surface area (Å²) < 4.78 is 10.7. The van der Waals surface area contributed by atoms with Crippen LogP contribution in [0.2, 0.25) is 0 Å². The van der Waals surface area contributed by atoms with Gasteiger partial charge in [0.1, 0.15) is 0 Å². The summed E-state index contributed by atoms with van der Waals surface area (Å²) >= 11 is 0. The van der Waals surface area contributed by atoms with E-state index in [0.29, 0.717) is 23.7 Å². The molecule has 6 heteroatoms. The van der Waals surface area contributed by atoms with Crippen molar-refractivity contribution in [2.75, 3.05) is 26.1 Å². The molecule has 1 fully saturated rings. The van der Waals surface area contributed by atoms with Crippen LogP contribution in [-0.4, -0.2) is 31.8 Å². The normalized spacial score (nSPS) is 14.4. The van der Waals surface area contributed by atoms with E-state index in [1.165, 1.54) is 0 Å². The number of anilines is 1. The Morgan fingerprint density at radius 2 is 1.86 bits per heavy atom. The zero-order chi connectivity index (χ0) is 19.6. The molecule has 1 aliphatic rings. The molecule has 1 aromatic heterocycles. The van der Waals surface area contributed by atoms with E-state index >= 15 is 0 Å². The second-order valence-corrected chi connectivity index (χ2v) is 7.04. The highest BCUT2D eigenvalue weighted by Crippen LogP contribution is 2.49. The summed E-state index contributed by atoms with van der Waals surface area (Å²) in [5.74, 6) is 1.41. The van der Waals surface area contributed by atoms with Crippen molar-refractivity contribution in [1.82, 2.24) is 10.3 Å². The van der Waals surface area contributed by atoms with Crippen LogP contribution >= 0.6 is 0 Å². The first-order valence-corrected chi connectivity index (χ1v) is 9.26. The van der Waals surface area contributed by atoms with Gasteiger partial charge in [0.2, 0.25) is 0 Å². The average molecular weight is 377 g/mol. The van der Waals surface area contributed by atoms with E-state index < -0.39 is 0 Å². The first-order valence-electron chi connectivity index (χ1n) is 9.26. The first-order chi connectivity index (χ1) is 13.6. The SMILES string of the molecule is COc1ccc(C2(CNC(=O)Nc3cccc4cccnc34)CC2)cc1OC. The van der Waals surface area contributed by atoms with Crippen molar-refractivity contribution in [1.29, 1.82) is 0 Å². The summed E-state index contributed by atoms with van der Waals surface area (Å²) in [6, 6.07) is 15.3. The van der Waals surface area contributed by atoms with Crippen molar-refractivity contribution in [2.24, 2.45) is 0 Å². The Hall–Kier alpha value is -3.28. The number of fused-ring (bicyclic) bond motifs is 1. The third-order valence-electron chi connectivity index (χ3n) is 5.32. The zero-order valence-corrected chi connectivity index (χ0v) is 16.0. The summed E-state index contributed by atoms with van der Waals surface area (Å²) in [4.78, 5) is 16.9. The number of para-hydroxylation sites is 1. The molecule has 0 aliphatic heterocycles. The minimum absolute atomic E-state index is 0.0477. The minimum Gasteiger partial charge on any atom is -0.493 e. The maximum atomic E-state index is 12.5. The van der Waals surface area contributed by atoms with Gasteiger partial charge in [0, 0.05) is 23.5 Å². The third kappa shape index (κ3) is 3.45. The molecule has 6 nitrogen and oxygen atoms in total. The number of urea groups is 1. The van der Waals surface area contributed by atoms with Gasteiger partial charge in [-0.2, -0.15) is 0 Å². The van der Waals surface area contributed by atoms with E-state index in [9.17, 15) is 4.79 Å². The quantitative estimate of drug-likeness (QED) is 0.678. The topological polar surface area (TPSA) is 72.5 Å². The van der Waals surface area contributed by atoms with Crippen LogP contribution in [0, 0.1) is 0 Å². The Morgan fingerprint density at radius 3 is 2.61 bits per heavy atom. The lowest BCUT2D eigenvalue weighted by Gasteiger charge is -2.19. The lowest BCUT2D eigenvalue weighted by Crippen LogP contribution is -2.35. The molecular formula is C22H23N3O3. The van der Waals surface area contributed by atoms with Crippen LogP contribution in [0.4, 0.5) is 10.5 Å². The summed E-state index contributed by atoms with van der Waals surface area (Å²) in [6.07, 6.45) is 3.78. The molecule has 0 spiro atoms. The number of carbonyl (C=O) groups excluding carboxylic acids is 1. The van der Waals surface area contributed by atoms with Crippen molar-refractivity contribution in [2.45, 2.75) is 18.3 Å². The fourth-order valence-corrected chi connectivity index (χ4v) is 3.51. The van der Waals surface area contributed by atoms with E-state index in [0.717, 1.165) is 29.3 Å². The monoisotopic (exact) mass is 377 g/mol. The van der Waals surface area contributed by atoms with Gasteiger partial charge in [0.05, 0.1) is 25.4 Å². The minimum atomic E-state index is -0.232. The molecule has 3 aromatic rings. The smallest absolute Gasteiger partial charge is 0.319 e. The lowest BCUT2D eigenvalue weighted by atomic mass is 9.95. The number of amides is 2. The number of rotatable bonds is 6. The van der Waals surface area contributed by atoms with Crippen LogP contribution in [0.3, 0.4) is 0 Å². The van der Waals surface area contributed by atoms with Gasteiger partial charge in [-0.3, -0.25) is 4.98 Å². The number of nitrogens with zero attached hydrogens (tertiary/aromatic N) is 1. The molecule has 0 saturated heterocycles. The lowest BCUT2D eigenvalue weighted by molar-refractivity contribution is 0.251. The van der Waals surface area contributed by atoms with Crippen LogP contribution < -0.4 is 20.1 Å². The maximum Gasteiger partial charge on any atom is 0.319 e. The molecule has 1 heterocycles. The van der Waals surface area contributed by atoms with Crippen LogP contribution in [0.1, 0.15) is 18.4 Å². The summed E-state index contributed by atoms with van der Waals surface area (Å²) in [5, 5.41) is 6.92. The molecule has 4 rings (SSSR count). The second kappa shape index (κ2) is 7.38. The van der Waals surface area contributed by atoms with Crippen molar-refractivity contribution in [3.8, 4) is 11.5 Å². The van der Waals surface area contributed by atoms with Crippen molar-refractivity contribution < 1.29 is 14.3 Å². The number of nitrogens with one attached hydrogen (secondary N) is 2. The Bertz CT molecular complexity index is 1010. The summed E-state index contributed by atoms with van der Waals surface area (Å²) in [7, 11) is 3.25. The Balaban J connectivity index is 1.45. The molecule has 0 radical (unpaired) electrons. The molecule has 0 bridgehead atoms. The number of methoxy groups -OCH3 is 2. The fraction of sp³-hybridized carbons (Fsp3) is 0.273. The molecule has 1 aliphatic carbocycles. The molecule has 0 atom stereocenters. The Morgan fingerprint density at radius 1 is 1.07 bits per heavy atom. The Kier molecular flexibility index (Phi) is 4.77. The predicted octanol–water partition coefficient (Wildman–Crippen LogP) is 4.11. The molecule has 0 unspecified atom stereocenters. The number of benzene rings is 2. The maximum absolute atomic E-state index is 12.5. The van der Waals surface area contributed by atoms with Crippen molar-refractivity contribution in [3.63, 3.8) is 0 Å². The highest BCUT2D eigenvalue weighted by Gasteiger charge is 2.44. The second-order valence-electron chi connectivity index (χ2n) is 7.04. The molecule has 1 saturated carbocycles. The van der Waals surface area contributed by atoms with E-state index in [1.807, 2.05) is 48.5 Å². The number of carbonyl (C=O) groups is 1. The fourth-order valence-electron chi connectivity index (χ4n) is 3.51. The molecule has 28 heavy (non-hydrogen) atoms. The standard InChI is InChI=1S/C22H23N3O3/c1-27-18-9-8-16(13-19(18)28-2)22(10-11-22)14-24-21(26)25-17-7-3-5-15-6-4-12-23-20(15)17/h3-9,12-13H,10-11,14H2,1-2H3,(H2,24,25,26). The molecular weight excluding hydrogens is 354 g/mol. The van der Waals surface area contributed by atoms with Crippen LogP contribution in [0.15, 0.2) is 54.7 Å². The average Bonchev–Trinajstić information content (AvgIpc) is 3.53. The van der Waals surface area contributed by atoms with Crippen LogP contribution in [0.5, 0.6) is 11.5 Å². The van der Waals surface area contributed by atoms with E-state index in [-0.39, 0.29) is 11.4 Å². The van der Waals surface area contributed by atoms with E-state index in [4.69, 9.17) is 9.47 Å². The number of aromatic nitrogens is 1. The molecule has 2 N–H and O–H groups in total. The third-order valence-corrected chi connectivity index (χ3v) is 5.32. The first kappa shape index (κ1) is 18.1. The van der Waals surface area contributed by atoms with Crippen molar-refractivity contribution in [3.05, 3.63) is 60.3 Å². The van der Waals surface area contributed by atoms with Gasteiger partial charge in [-0.25, -0.2) is 4.79 Å². The van der Waals surface area contributed by atoms with Gasteiger partial charge in [-0.15, -0.1) is 0 Å². The predicted molar refractivity (Wildman–Crippen MR) is 109 cm³/mol. The zero-order valence-electron chi connectivity index (χ0n) is 16.0. The highest BCUT2D eigenvalue weighted by molar-refractivity contribution is 5.99. The number of ether oxygens (including phenoxy) is 2. The van der Waals surface area contributed by atoms with Gasteiger partial charge in [-0.05, 0) is 42.7 Å². The van der Waals surface area contributed by atoms with E-state index in [2.05, 4.69) is 15.6 Å². The highest BCUT2D eigenvalue weighted by atomic mass is 16.5. The van der Waals surface area contributed by atoms with Gasteiger partial charge < -0.3 is 20.1 Å². The van der Waals surface area contributed by atoms with Gasteiger partial charge in [-0.1, -0.05) is 24.3 Å². The summed E-state index contributed by atoms with van der Waals surface area (Å²) in [5.41, 5.74) is 2.58. The summed E-state index contributed by atoms with van der Waals surface area (Å²) in [6.45, 7) is 0.562. The van der Waals surface area contributed by atoms with Gasteiger partial charge >= 0.3 is 6.03 Å². The van der Waals surface area contributed by atoms with Crippen LogP contribution in [-0.2, 0) is 5.41 Å². The molecule has 2 amide bonds. The number of hydrogen-bond acceptors (Lipinski definition) is 4. The Labute approximate surface area is 163 Å². The van der Waals surface area contributed by atoms with Crippen molar-refractivity contribution >= 4 is 22.6 Å². The molecule has 2 aromatic carbocycles. The number of pyridine rings is 1.